The topological polar surface area (TPSA) is 90.5 Å². The van der Waals surface area contributed by atoms with Gasteiger partial charge >= 0.3 is 0 Å². The Morgan fingerprint density at radius 1 is 0.912 bits per heavy atom. The standard InChI is InChI=1S/C25H21N7OS/c1-18-10-8-9-15-22(18)32-25(27-29-30-32)34-17-24(33)26-23-16-21(19-11-4-2-5-12-19)28-31(23)20-13-6-3-7-14-20/h2-16H,17H2,1H3,(H,26,33). The Morgan fingerprint density at radius 2 is 1.62 bits per heavy atom. The molecule has 0 aliphatic carbocycles. The van der Waals surface area contributed by atoms with Gasteiger partial charge in [0.15, 0.2) is 0 Å². The Morgan fingerprint density at radius 3 is 2.38 bits per heavy atom. The molecule has 2 heterocycles. The molecule has 0 saturated heterocycles. The molecule has 0 aliphatic heterocycles. The number of tetrazole rings is 1. The summed E-state index contributed by atoms with van der Waals surface area (Å²) >= 11 is 1.27. The molecule has 0 saturated carbocycles. The molecule has 0 bridgehead atoms. The van der Waals surface area contributed by atoms with Crippen molar-refractivity contribution in [2.75, 3.05) is 11.1 Å². The van der Waals surface area contributed by atoms with Gasteiger partial charge in [-0.3, -0.25) is 4.79 Å². The zero-order valence-electron chi connectivity index (χ0n) is 18.4. The molecule has 0 fully saturated rings. The number of anilines is 1. The van der Waals surface area contributed by atoms with Crippen LogP contribution < -0.4 is 5.32 Å². The highest BCUT2D eigenvalue weighted by Crippen LogP contribution is 2.25. The third-order valence-corrected chi connectivity index (χ3v) is 6.08. The minimum absolute atomic E-state index is 0.146. The minimum atomic E-state index is -0.180. The van der Waals surface area contributed by atoms with Gasteiger partial charge in [-0.1, -0.05) is 78.5 Å². The van der Waals surface area contributed by atoms with Crippen LogP contribution in [0.15, 0.2) is 96.2 Å². The molecule has 0 atom stereocenters. The Hall–Kier alpha value is -4.24. The minimum Gasteiger partial charge on any atom is -0.310 e. The highest BCUT2D eigenvalue weighted by Gasteiger charge is 2.16. The summed E-state index contributed by atoms with van der Waals surface area (Å²) in [6.45, 7) is 1.99. The molecule has 0 spiro atoms. The SMILES string of the molecule is Cc1ccccc1-n1nnnc1SCC(=O)Nc1cc(-c2ccccc2)nn1-c1ccccc1. The number of hydrogen-bond acceptors (Lipinski definition) is 6. The monoisotopic (exact) mass is 467 g/mol. The summed E-state index contributed by atoms with van der Waals surface area (Å²) in [5, 5.41) is 20.2. The number of aryl methyl sites for hydroxylation is 1. The van der Waals surface area contributed by atoms with Crippen LogP contribution in [0.3, 0.4) is 0 Å². The van der Waals surface area contributed by atoms with Crippen molar-refractivity contribution < 1.29 is 4.79 Å². The molecule has 1 amide bonds. The van der Waals surface area contributed by atoms with Gasteiger partial charge in [-0.05, 0) is 41.1 Å². The van der Waals surface area contributed by atoms with E-state index in [0.717, 1.165) is 28.2 Å². The zero-order chi connectivity index (χ0) is 23.3. The molecule has 0 aliphatic rings. The van der Waals surface area contributed by atoms with Crippen LogP contribution in [0.4, 0.5) is 5.82 Å². The van der Waals surface area contributed by atoms with Crippen LogP contribution in [0.25, 0.3) is 22.6 Å². The van der Waals surface area contributed by atoms with E-state index in [4.69, 9.17) is 5.10 Å². The Bertz CT molecular complexity index is 1410. The van der Waals surface area contributed by atoms with Gasteiger partial charge in [0.1, 0.15) is 5.82 Å². The molecule has 1 N–H and O–H groups in total. The van der Waals surface area contributed by atoms with Gasteiger partial charge in [0, 0.05) is 11.6 Å². The number of carbonyl (C=O) groups is 1. The third-order valence-electron chi connectivity index (χ3n) is 5.16. The number of carbonyl (C=O) groups excluding carboxylic acids is 1. The van der Waals surface area contributed by atoms with Crippen molar-refractivity contribution in [3.05, 3.63) is 96.6 Å². The Balaban J connectivity index is 1.36. The molecule has 2 aromatic heterocycles. The number of nitrogens with zero attached hydrogens (tertiary/aromatic N) is 6. The van der Waals surface area contributed by atoms with Crippen LogP contribution in [0.2, 0.25) is 0 Å². The number of aromatic nitrogens is 6. The van der Waals surface area contributed by atoms with Gasteiger partial charge in [0.2, 0.25) is 11.1 Å². The highest BCUT2D eigenvalue weighted by atomic mass is 32.2. The number of amides is 1. The van der Waals surface area contributed by atoms with Crippen molar-refractivity contribution >= 4 is 23.5 Å². The summed E-state index contributed by atoms with van der Waals surface area (Å²) in [6, 6.07) is 29.3. The maximum atomic E-state index is 12.9. The molecule has 0 unspecified atom stereocenters. The molecule has 34 heavy (non-hydrogen) atoms. The van der Waals surface area contributed by atoms with Crippen molar-refractivity contribution in [2.24, 2.45) is 0 Å². The number of rotatable bonds is 7. The first kappa shape index (κ1) is 21.6. The largest absolute Gasteiger partial charge is 0.310 e. The molecular formula is C25H21N7OS. The fourth-order valence-corrected chi connectivity index (χ4v) is 4.20. The second kappa shape index (κ2) is 9.72. The summed E-state index contributed by atoms with van der Waals surface area (Å²) in [5.41, 5.74) is 4.53. The normalized spacial score (nSPS) is 10.9. The van der Waals surface area contributed by atoms with E-state index in [1.54, 1.807) is 9.36 Å². The Labute approximate surface area is 200 Å². The van der Waals surface area contributed by atoms with E-state index in [-0.39, 0.29) is 11.7 Å². The van der Waals surface area contributed by atoms with Crippen LogP contribution in [-0.4, -0.2) is 41.6 Å². The average molecular weight is 468 g/mol. The van der Waals surface area contributed by atoms with E-state index in [2.05, 4.69) is 20.8 Å². The predicted molar refractivity (Wildman–Crippen MR) is 132 cm³/mol. The lowest BCUT2D eigenvalue weighted by atomic mass is 10.2. The van der Waals surface area contributed by atoms with Gasteiger partial charge in [-0.25, -0.2) is 4.68 Å². The predicted octanol–water partition coefficient (Wildman–Crippen LogP) is 4.55. The average Bonchev–Trinajstić information content (AvgIpc) is 3.51. The second-order valence-electron chi connectivity index (χ2n) is 7.52. The van der Waals surface area contributed by atoms with Crippen LogP contribution >= 0.6 is 11.8 Å². The molecule has 3 aromatic carbocycles. The van der Waals surface area contributed by atoms with Crippen molar-refractivity contribution in [1.29, 1.82) is 0 Å². The second-order valence-corrected chi connectivity index (χ2v) is 8.47. The number of benzene rings is 3. The van der Waals surface area contributed by atoms with Crippen molar-refractivity contribution in [2.45, 2.75) is 12.1 Å². The van der Waals surface area contributed by atoms with Gasteiger partial charge in [0.25, 0.3) is 0 Å². The first-order valence-electron chi connectivity index (χ1n) is 10.7. The lowest BCUT2D eigenvalue weighted by molar-refractivity contribution is -0.113. The van der Waals surface area contributed by atoms with Gasteiger partial charge in [-0.2, -0.15) is 9.78 Å². The molecule has 5 rings (SSSR count). The molecular weight excluding hydrogens is 446 g/mol. The van der Waals surface area contributed by atoms with Gasteiger partial charge in [0.05, 0.1) is 22.8 Å². The van der Waals surface area contributed by atoms with Crippen molar-refractivity contribution in [3.8, 4) is 22.6 Å². The van der Waals surface area contributed by atoms with Crippen LogP contribution in [0.5, 0.6) is 0 Å². The molecule has 9 heteroatoms. The van der Waals surface area contributed by atoms with E-state index in [9.17, 15) is 4.79 Å². The zero-order valence-corrected chi connectivity index (χ0v) is 19.2. The highest BCUT2D eigenvalue weighted by molar-refractivity contribution is 7.99. The lowest BCUT2D eigenvalue weighted by Gasteiger charge is -2.09. The fraction of sp³-hybridized carbons (Fsp3) is 0.0800. The van der Waals surface area contributed by atoms with Crippen molar-refractivity contribution in [1.82, 2.24) is 30.0 Å². The van der Waals surface area contributed by atoms with Crippen LogP contribution in [0.1, 0.15) is 5.56 Å². The summed E-state index contributed by atoms with van der Waals surface area (Å²) in [7, 11) is 0. The van der Waals surface area contributed by atoms with Crippen LogP contribution in [-0.2, 0) is 4.79 Å². The number of para-hydroxylation sites is 2. The van der Waals surface area contributed by atoms with E-state index in [0.29, 0.717) is 11.0 Å². The number of nitrogens with one attached hydrogen (secondary N) is 1. The molecule has 5 aromatic rings. The fourth-order valence-electron chi connectivity index (χ4n) is 3.52. The first-order chi connectivity index (χ1) is 16.7. The first-order valence-corrected chi connectivity index (χ1v) is 11.7. The van der Waals surface area contributed by atoms with Crippen molar-refractivity contribution in [3.63, 3.8) is 0 Å². The summed E-state index contributed by atoms with van der Waals surface area (Å²) in [4.78, 5) is 12.9. The maximum Gasteiger partial charge on any atom is 0.236 e. The third kappa shape index (κ3) is 4.60. The molecule has 8 nitrogen and oxygen atoms in total. The number of thioether (sulfide) groups is 1. The van der Waals surface area contributed by atoms with E-state index in [1.165, 1.54) is 11.8 Å². The summed E-state index contributed by atoms with van der Waals surface area (Å²) in [6.07, 6.45) is 0. The van der Waals surface area contributed by atoms with Crippen LogP contribution in [0, 0.1) is 6.92 Å². The maximum absolute atomic E-state index is 12.9. The van der Waals surface area contributed by atoms with Gasteiger partial charge < -0.3 is 5.32 Å². The smallest absolute Gasteiger partial charge is 0.236 e. The summed E-state index contributed by atoms with van der Waals surface area (Å²) < 4.78 is 3.39. The number of hydrogen-bond donors (Lipinski definition) is 1. The van der Waals surface area contributed by atoms with Gasteiger partial charge in [-0.15, -0.1) is 5.10 Å². The molecule has 0 radical (unpaired) electrons. The van der Waals surface area contributed by atoms with E-state index < -0.39 is 0 Å². The lowest BCUT2D eigenvalue weighted by Crippen LogP contribution is -2.17. The summed E-state index contributed by atoms with van der Waals surface area (Å²) in [5.74, 6) is 0.558. The van der Waals surface area contributed by atoms with E-state index in [1.807, 2.05) is 97.9 Å². The quantitative estimate of drug-likeness (QED) is 0.353. The Kier molecular flexibility index (Phi) is 6.17. The molecule has 168 valence electrons. The van der Waals surface area contributed by atoms with E-state index >= 15 is 0 Å².